The second-order valence-corrected chi connectivity index (χ2v) is 8.54. The van der Waals surface area contributed by atoms with E-state index in [1.54, 1.807) is 18.2 Å². The number of sulfonamides is 1. The van der Waals surface area contributed by atoms with Crippen LogP contribution in [0.4, 0.5) is 0 Å². The molecular formula is C20H20N2O5S. The average molecular weight is 400 g/mol. The number of para-hydroxylation sites is 1. The first-order valence-electron chi connectivity index (χ1n) is 8.78. The van der Waals surface area contributed by atoms with Crippen LogP contribution in [0.2, 0.25) is 0 Å². The minimum atomic E-state index is -3.68. The van der Waals surface area contributed by atoms with Crippen LogP contribution >= 0.6 is 0 Å². The standard InChI is InChI=1S/C20H20N2O5S/c1-14-12-22(13-15(2)26-14)28(24,25)18-9-7-16(8-10-18)20(23)27-19-6-4-3-5-17(19)11-21/h3-10,14-15H,12-13H2,1-2H3/t14-,15-/m1/s1. The van der Waals surface area contributed by atoms with E-state index in [2.05, 4.69) is 0 Å². The number of hydrogen-bond acceptors (Lipinski definition) is 6. The highest BCUT2D eigenvalue weighted by molar-refractivity contribution is 7.89. The molecule has 7 nitrogen and oxygen atoms in total. The summed E-state index contributed by atoms with van der Waals surface area (Å²) in [4.78, 5) is 12.4. The third kappa shape index (κ3) is 4.22. The number of morpholine rings is 1. The Morgan fingerprint density at radius 3 is 2.32 bits per heavy atom. The van der Waals surface area contributed by atoms with Gasteiger partial charge in [0.25, 0.3) is 0 Å². The number of hydrogen-bond donors (Lipinski definition) is 0. The summed E-state index contributed by atoms with van der Waals surface area (Å²) >= 11 is 0. The Hall–Kier alpha value is -2.73. The van der Waals surface area contributed by atoms with Crippen molar-refractivity contribution in [2.45, 2.75) is 31.0 Å². The van der Waals surface area contributed by atoms with Gasteiger partial charge < -0.3 is 9.47 Å². The number of esters is 1. The van der Waals surface area contributed by atoms with E-state index in [1.165, 1.54) is 34.6 Å². The molecule has 146 valence electrons. The largest absolute Gasteiger partial charge is 0.422 e. The third-order valence-corrected chi connectivity index (χ3v) is 6.17. The molecule has 0 bridgehead atoms. The maximum absolute atomic E-state index is 12.9. The van der Waals surface area contributed by atoms with Gasteiger partial charge in [-0.05, 0) is 50.2 Å². The molecule has 28 heavy (non-hydrogen) atoms. The summed E-state index contributed by atoms with van der Waals surface area (Å²) < 4.78 is 37.9. The zero-order chi connectivity index (χ0) is 20.3. The van der Waals surface area contributed by atoms with E-state index in [-0.39, 0.29) is 47.1 Å². The number of nitriles is 1. The molecule has 1 saturated heterocycles. The molecule has 0 aromatic heterocycles. The first-order chi connectivity index (χ1) is 13.3. The number of carbonyl (C=O) groups is 1. The number of rotatable bonds is 4. The number of ether oxygens (including phenoxy) is 2. The maximum Gasteiger partial charge on any atom is 0.343 e. The molecule has 1 fully saturated rings. The molecule has 0 unspecified atom stereocenters. The van der Waals surface area contributed by atoms with Gasteiger partial charge in [-0.3, -0.25) is 0 Å². The molecular weight excluding hydrogens is 380 g/mol. The first kappa shape index (κ1) is 20.0. The molecule has 3 rings (SSSR count). The van der Waals surface area contributed by atoms with Crippen LogP contribution in [-0.2, 0) is 14.8 Å². The highest BCUT2D eigenvalue weighted by atomic mass is 32.2. The highest BCUT2D eigenvalue weighted by Gasteiger charge is 2.32. The van der Waals surface area contributed by atoms with Gasteiger partial charge in [0.05, 0.1) is 28.2 Å². The zero-order valence-electron chi connectivity index (χ0n) is 15.5. The van der Waals surface area contributed by atoms with Crippen molar-refractivity contribution < 1.29 is 22.7 Å². The number of carbonyl (C=O) groups excluding carboxylic acids is 1. The fourth-order valence-electron chi connectivity index (χ4n) is 3.05. The third-order valence-electron chi connectivity index (χ3n) is 4.32. The van der Waals surface area contributed by atoms with Crippen LogP contribution in [0.1, 0.15) is 29.8 Å². The lowest BCUT2D eigenvalue weighted by molar-refractivity contribution is -0.0440. The summed E-state index contributed by atoms with van der Waals surface area (Å²) in [5.41, 5.74) is 0.431. The topological polar surface area (TPSA) is 96.7 Å². The quantitative estimate of drug-likeness (QED) is 0.578. The van der Waals surface area contributed by atoms with E-state index < -0.39 is 16.0 Å². The fourth-order valence-corrected chi connectivity index (χ4v) is 4.64. The van der Waals surface area contributed by atoms with E-state index in [0.717, 1.165) is 0 Å². The molecule has 1 aliphatic heterocycles. The second kappa shape index (κ2) is 8.10. The molecule has 0 radical (unpaired) electrons. The van der Waals surface area contributed by atoms with Crippen molar-refractivity contribution in [3.63, 3.8) is 0 Å². The lowest BCUT2D eigenvalue weighted by Crippen LogP contribution is -2.48. The lowest BCUT2D eigenvalue weighted by atomic mass is 10.2. The molecule has 2 aromatic carbocycles. The van der Waals surface area contributed by atoms with Crippen molar-refractivity contribution in [1.82, 2.24) is 4.31 Å². The van der Waals surface area contributed by atoms with Gasteiger partial charge in [0, 0.05) is 13.1 Å². The predicted octanol–water partition coefficient (Wildman–Crippen LogP) is 2.58. The average Bonchev–Trinajstić information content (AvgIpc) is 2.67. The summed E-state index contributed by atoms with van der Waals surface area (Å²) in [5.74, 6) is -0.511. The molecule has 0 N–H and O–H groups in total. The second-order valence-electron chi connectivity index (χ2n) is 6.60. The summed E-state index contributed by atoms with van der Waals surface area (Å²) in [6.07, 6.45) is -0.374. The first-order valence-corrected chi connectivity index (χ1v) is 10.2. The zero-order valence-corrected chi connectivity index (χ0v) is 16.3. The molecule has 0 amide bonds. The normalized spacial score (nSPS) is 20.3. The van der Waals surface area contributed by atoms with Crippen LogP contribution in [0.15, 0.2) is 53.4 Å². The highest BCUT2D eigenvalue weighted by Crippen LogP contribution is 2.22. The van der Waals surface area contributed by atoms with Crippen molar-refractivity contribution in [2.24, 2.45) is 0 Å². The maximum atomic E-state index is 12.9. The summed E-state index contributed by atoms with van der Waals surface area (Å²) in [5, 5.41) is 9.07. The lowest BCUT2D eigenvalue weighted by Gasteiger charge is -2.34. The minimum absolute atomic E-state index is 0.0998. The van der Waals surface area contributed by atoms with E-state index in [9.17, 15) is 13.2 Å². The Morgan fingerprint density at radius 1 is 1.11 bits per heavy atom. The predicted molar refractivity (Wildman–Crippen MR) is 101 cm³/mol. The molecule has 2 atom stereocenters. The van der Waals surface area contributed by atoms with Crippen molar-refractivity contribution in [2.75, 3.05) is 13.1 Å². The van der Waals surface area contributed by atoms with Gasteiger partial charge in [-0.1, -0.05) is 12.1 Å². The van der Waals surface area contributed by atoms with Gasteiger partial charge in [-0.25, -0.2) is 13.2 Å². The van der Waals surface area contributed by atoms with Gasteiger partial charge >= 0.3 is 5.97 Å². The monoisotopic (exact) mass is 400 g/mol. The van der Waals surface area contributed by atoms with Crippen LogP contribution < -0.4 is 4.74 Å². The van der Waals surface area contributed by atoms with E-state index >= 15 is 0 Å². The van der Waals surface area contributed by atoms with E-state index in [1.807, 2.05) is 19.9 Å². The van der Waals surface area contributed by atoms with Crippen molar-refractivity contribution in [3.8, 4) is 11.8 Å². The molecule has 1 aliphatic rings. The summed E-state index contributed by atoms with van der Waals surface area (Å²) in [7, 11) is -3.68. The minimum Gasteiger partial charge on any atom is -0.422 e. The Morgan fingerprint density at radius 2 is 1.71 bits per heavy atom. The molecule has 0 saturated carbocycles. The van der Waals surface area contributed by atoms with Gasteiger partial charge in [0.15, 0.2) is 0 Å². The number of benzene rings is 2. The Kier molecular flexibility index (Phi) is 5.79. The fraction of sp³-hybridized carbons (Fsp3) is 0.300. The van der Waals surface area contributed by atoms with Gasteiger partial charge in [-0.2, -0.15) is 9.57 Å². The van der Waals surface area contributed by atoms with E-state index in [0.29, 0.717) is 0 Å². The van der Waals surface area contributed by atoms with Gasteiger partial charge in [0.1, 0.15) is 11.8 Å². The Bertz CT molecular complexity index is 1000. The Labute approximate surface area is 164 Å². The summed E-state index contributed by atoms with van der Waals surface area (Å²) in [6.45, 7) is 4.22. The molecule has 0 spiro atoms. The van der Waals surface area contributed by atoms with Crippen molar-refractivity contribution in [1.29, 1.82) is 5.26 Å². The van der Waals surface area contributed by atoms with Crippen LogP contribution in [0.25, 0.3) is 0 Å². The van der Waals surface area contributed by atoms with Crippen LogP contribution in [-0.4, -0.2) is 44.0 Å². The van der Waals surface area contributed by atoms with Gasteiger partial charge in [-0.15, -0.1) is 0 Å². The van der Waals surface area contributed by atoms with Crippen molar-refractivity contribution >= 4 is 16.0 Å². The molecule has 1 heterocycles. The molecule has 0 aliphatic carbocycles. The number of nitrogens with zero attached hydrogens (tertiary/aromatic N) is 2. The van der Waals surface area contributed by atoms with Crippen LogP contribution in [0.3, 0.4) is 0 Å². The Balaban J connectivity index is 1.77. The van der Waals surface area contributed by atoms with E-state index in [4.69, 9.17) is 14.7 Å². The molecule has 2 aromatic rings. The SMILES string of the molecule is C[C@@H]1CN(S(=O)(=O)c2ccc(C(=O)Oc3ccccc3C#N)cc2)C[C@@H](C)O1. The van der Waals surface area contributed by atoms with Crippen LogP contribution in [0.5, 0.6) is 5.75 Å². The van der Waals surface area contributed by atoms with Crippen LogP contribution in [0, 0.1) is 11.3 Å². The summed E-state index contributed by atoms with van der Waals surface area (Å²) in [6, 6.07) is 13.9. The molecule has 8 heteroatoms. The van der Waals surface area contributed by atoms with Crippen molar-refractivity contribution in [3.05, 3.63) is 59.7 Å². The van der Waals surface area contributed by atoms with Gasteiger partial charge in [0.2, 0.25) is 10.0 Å². The smallest absolute Gasteiger partial charge is 0.343 e.